The lowest BCUT2D eigenvalue weighted by Crippen LogP contribution is -2.22. The Bertz CT molecular complexity index is 1210. The van der Waals surface area contributed by atoms with Gasteiger partial charge in [-0.3, -0.25) is 4.79 Å². The van der Waals surface area contributed by atoms with Crippen LogP contribution in [-0.4, -0.2) is 23.0 Å². The highest BCUT2D eigenvalue weighted by atomic mass is 16.5. The Labute approximate surface area is 186 Å². The molecule has 0 saturated carbocycles. The van der Waals surface area contributed by atoms with Crippen molar-refractivity contribution in [2.24, 2.45) is 0 Å². The topological polar surface area (TPSA) is 73.3 Å². The molecule has 1 aromatic heterocycles. The highest BCUT2D eigenvalue weighted by molar-refractivity contribution is 5.94. The fraction of sp³-hybridized carbons (Fsp3) is 0.115. The fourth-order valence-electron chi connectivity index (χ4n) is 3.09. The van der Waals surface area contributed by atoms with Gasteiger partial charge in [-0.15, -0.1) is 0 Å². The molecule has 32 heavy (non-hydrogen) atoms. The van der Waals surface area contributed by atoms with Crippen molar-refractivity contribution in [1.82, 2.24) is 15.3 Å². The van der Waals surface area contributed by atoms with Crippen LogP contribution in [0.2, 0.25) is 0 Å². The van der Waals surface area contributed by atoms with Gasteiger partial charge in [0.1, 0.15) is 11.5 Å². The third-order valence-electron chi connectivity index (χ3n) is 4.87. The first-order valence-electron chi connectivity index (χ1n) is 10.2. The van der Waals surface area contributed by atoms with Crippen molar-refractivity contribution in [3.8, 4) is 28.8 Å². The minimum absolute atomic E-state index is 0.186. The third kappa shape index (κ3) is 5.29. The van der Waals surface area contributed by atoms with Gasteiger partial charge in [0.15, 0.2) is 5.82 Å². The number of hydrogen-bond donors (Lipinski definition) is 1. The quantitative estimate of drug-likeness (QED) is 0.441. The molecule has 1 heterocycles. The largest absolute Gasteiger partial charge is 0.497 e. The summed E-state index contributed by atoms with van der Waals surface area (Å²) >= 11 is 0. The Hall–Kier alpha value is -4.19. The summed E-state index contributed by atoms with van der Waals surface area (Å²) < 4.78 is 11.1. The van der Waals surface area contributed by atoms with Crippen molar-refractivity contribution < 1.29 is 14.3 Å². The molecule has 0 radical (unpaired) electrons. The summed E-state index contributed by atoms with van der Waals surface area (Å²) in [6.07, 6.45) is 1.66. The number of nitrogens with zero attached hydrogens (tertiary/aromatic N) is 2. The molecule has 0 spiro atoms. The van der Waals surface area contributed by atoms with Crippen molar-refractivity contribution in [3.05, 3.63) is 102 Å². The maximum atomic E-state index is 12.6. The Morgan fingerprint density at radius 1 is 0.938 bits per heavy atom. The number of carbonyl (C=O) groups excluding carboxylic acids is 1. The van der Waals surface area contributed by atoms with Gasteiger partial charge in [-0.2, -0.15) is 4.98 Å². The summed E-state index contributed by atoms with van der Waals surface area (Å²) in [5.74, 6) is 2.10. The number of amides is 1. The predicted octanol–water partition coefficient (Wildman–Crippen LogP) is 5.18. The van der Waals surface area contributed by atoms with E-state index >= 15 is 0 Å². The van der Waals surface area contributed by atoms with Gasteiger partial charge in [0.25, 0.3) is 5.91 Å². The SMILES string of the molecule is COc1ccc(CNC(=O)c2cccc(Oc3ccnc(-c4ccc(C)cc4)n3)c2)cc1. The third-order valence-corrected chi connectivity index (χ3v) is 4.87. The monoisotopic (exact) mass is 425 g/mol. The van der Waals surface area contributed by atoms with Crippen molar-refractivity contribution in [3.63, 3.8) is 0 Å². The Kier molecular flexibility index (Phi) is 6.41. The number of methoxy groups -OCH3 is 1. The summed E-state index contributed by atoms with van der Waals surface area (Å²) in [4.78, 5) is 21.4. The van der Waals surface area contributed by atoms with Gasteiger partial charge >= 0.3 is 0 Å². The van der Waals surface area contributed by atoms with E-state index in [0.29, 0.717) is 29.6 Å². The predicted molar refractivity (Wildman–Crippen MR) is 123 cm³/mol. The molecule has 0 fully saturated rings. The molecule has 0 atom stereocenters. The van der Waals surface area contributed by atoms with Gasteiger partial charge in [-0.1, -0.05) is 48.0 Å². The number of rotatable bonds is 7. The van der Waals surface area contributed by atoms with Gasteiger partial charge in [0.05, 0.1) is 7.11 Å². The lowest BCUT2D eigenvalue weighted by Gasteiger charge is -2.09. The molecule has 4 rings (SSSR count). The van der Waals surface area contributed by atoms with E-state index in [1.807, 2.05) is 55.5 Å². The number of benzene rings is 3. The van der Waals surface area contributed by atoms with Crippen LogP contribution < -0.4 is 14.8 Å². The highest BCUT2D eigenvalue weighted by Gasteiger charge is 2.09. The number of ether oxygens (including phenoxy) is 2. The van der Waals surface area contributed by atoms with Crippen LogP contribution in [0.25, 0.3) is 11.4 Å². The van der Waals surface area contributed by atoms with Crippen LogP contribution in [0.4, 0.5) is 0 Å². The number of carbonyl (C=O) groups is 1. The van der Waals surface area contributed by atoms with Gasteiger partial charge in [-0.05, 0) is 42.8 Å². The molecule has 1 amide bonds. The second kappa shape index (κ2) is 9.75. The molecular weight excluding hydrogens is 402 g/mol. The first-order chi connectivity index (χ1) is 15.6. The second-order valence-electron chi connectivity index (χ2n) is 7.25. The summed E-state index contributed by atoms with van der Waals surface area (Å²) in [7, 11) is 1.62. The molecule has 6 nitrogen and oxygen atoms in total. The highest BCUT2D eigenvalue weighted by Crippen LogP contribution is 2.23. The number of nitrogens with one attached hydrogen (secondary N) is 1. The lowest BCUT2D eigenvalue weighted by molar-refractivity contribution is 0.0950. The smallest absolute Gasteiger partial charge is 0.251 e. The molecule has 6 heteroatoms. The van der Waals surface area contributed by atoms with Crippen LogP contribution in [-0.2, 0) is 6.54 Å². The zero-order valence-electron chi connectivity index (χ0n) is 17.9. The van der Waals surface area contributed by atoms with E-state index in [2.05, 4.69) is 15.3 Å². The number of aryl methyl sites for hydroxylation is 1. The maximum Gasteiger partial charge on any atom is 0.251 e. The summed E-state index contributed by atoms with van der Waals surface area (Å²) in [6.45, 7) is 2.45. The average molecular weight is 425 g/mol. The van der Waals surface area contributed by atoms with E-state index < -0.39 is 0 Å². The molecule has 0 aliphatic heterocycles. The standard InChI is InChI=1S/C26H23N3O3/c1-18-6-10-20(11-7-18)25-27-15-14-24(29-25)32-23-5-3-4-21(16-23)26(30)28-17-19-8-12-22(31-2)13-9-19/h3-16H,17H2,1-2H3,(H,28,30). The molecule has 0 aliphatic rings. The summed E-state index contributed by atoms with van der Waals surface area (Å²) in [5, 5.41) is 2.92. The zero-order valence-corrected chi connectivity index (χ0v) is 17.9. The van der Waals surface area contributed by atoms with E-state index in [1.54, 1.807) is 43.6 Å². The van der Waals surface area contributed by atoms with E-state index in [0.717, 1.165) is 16.9 Å². The Morgan fingerprint density at radius 2 is 1.72 bits per heavy atom. The molecule has 160 valence electrons. The van der Waals surface area contributed by atoms with Crippen molar-refractivity contribution >= 4 is 5.91 Å². The number of aromatic nitrogens is 2. The normalized spacial score (nSPS) is 10.4. The van der Waals surface area contributed by atoms with Gasteiger partial charge in [0.2, 0.25) is 5.88 Å². The number of hydrogen-bond acceptors (Lipinski definition) is 5. The van der Waals surface area contributed by atoms with Crippen LogP contribution in [0.15, 0.2) is 85.1 Å². The van der Waals surface area contributed by atoms with Gasteiger partial charge in [0, 0.05) is 29.9 Å². The summed E-state index contributed by atoms with van der Waals surface area (Å²) in [6, 6.07) is 24.2. The minimum Gasteiger partial charge on any atom is -0.497 e. The first-order valence-corrected chi connectivity index (χ1v) is 10.2. The molecule has 0 unspecified atom stereocenters. The maximum absolute atomic E-state index is 12.6. The first kappa shape index (κ1) is 21.1. The second-order valence-corrected chi connectivity index (χ2v) is 7.25. The molecule has 3 aromatic carbocycles. The van der Waals surface area contributed by atoms with Crippen LogP contribution in [0.5, 0.6) is 17.4 Å². The molecule has 0 saturated heterocycles. The molecule has 4 aromatic rings. The molecule has 0 bridgehead atoms. The average Bonchev–Trinajstić information content (AvgIpc) is 2.83. The molecule has 1 N–H and O–H groups in total. The van der Waals surface area contributed by atoms with Crippen molar-refractivity contribution in [2.75, 3.05) is 7.11 Å². The van der Waals surface area contributed by atoms with E-state index in [1.165, 1.54) is 5.56 Å². The fourth-order valence-corrected chi connectivity index (χ4v) is 3.09. The molecular formula is C26H23N3O3. The zero-order chi connectivity index (χ0) is 22.3. The van der Waals surface area contributed by atoms with Crippen molar-refractivity contribution in [1.29, 1.82) is 0 Å². The Morgan fingerprint density at radius 3 is 2.47 bits per heavy atom. The van der Waals surface area contributed by atoms with Crippen LogP contribution in [0, 0.1) is 6.92 Å². The van der Waals surface area contributed by atoms with Crippen LogP contribution >= 0.6 is 0 Å². The van der Waals surface area contributed by atoms with E-state index in [4.69, 9.17) is 9.47 Å². The lowest BCUT2D eigenvalue weighted by atomic mass is 10.1. The van der Waals surface area contributed by atoms with E-state index in [-0.39, 0.29) is 5.91 Å². The van der Waals surface area contributed by atoms with Crippen molar-refractivity contribution in [2.45, 2.75) is 13.5 Å². The molecule has 0 aliphatic carbocycles. The van der Waals surface area contributed by atoms with Gasteiger partial charge < -0.3 is 14.8 Å². The van der Waals surface area contributed by atoms with E-state index in [9.17, 15) is 4.79 Å². The Balaban J connectivity index is 1.43. The minimum atomic E-state index is -0.186. The van der Waals surface area contributed by atoms with Crippen LogP contribution in [0.1, 0.15) is 21.5 Å². The van der Waals surface area contributed by atoms with Crippen LogP contribution in [0.3, 0.4) is 0 Å². The van der Waals surface area contributed by atoms with Gasteiger partial charge in [-0.25, -0.2) is 4.98 Å². The summed E-state index contributed by atoms with van der Waals surface area (Å²) in [5.41, 5.74) is 3.57.